The van der Waals surface area contributed by atoms with Gasteiger partial charge in [-0.1, -0.05) is 13.0 Å². The minimum absolute atomic E-state index is 0.461. The van der Waals surface area contributed by atoms with Gasteiger partial charge >= 0.3 is 0 Å². The molecule has 2 heterocycles. The third-order valence-corrected chi connectivity index (χ3v) is 3.92. The van der Waals surface area contributed by atoms with Crippen LogP contribution >= 0.6 is 12.2 Å². The number of hydrogen-bond donors (Lipinski definition) is 1. The smallest absolute Gasteiger partial charge is 0.195 e. The van der Waals surface area contributed by atoms with Gasteiger partial charge < -0.3 is 0 Å². The van der Waals surface area contributed by atoms with Gasteiger partial charge in [-0.3, -0.25) is 14.6 Å². The number of aromatic nitrogens is 4. The Morgan fingerprint density at radius 1 is 1.39 bits per heavy atom. The molecular weight excluding hydrogens is 244 g/mol. The van der Waals surface area contributed by atoms with E-state index in [1.54, 1.807) is 6.20 Å². The van der Waals surface area contributed by atoms with E-state index in [-0.39, 0.29) is 0 Å². The van der Waals surface area contributed by atoms with Crippen molar-refractivity contribution in [2.75, 3.05) is 0 Å². The maximum absolute atomic E-state index is 5.37. The number of H-pyrrole nitrogens is 1. The predicted molar refractivity (Wildman–Crippen MR) is 72.7 cm³/mol. The van der Waals surface area contributed by atoms with Crippen molar-refractivity contribution in [1.82, 2.24) is 19.7 Å². The fourth-order valence-corrected chi connectivity index (χ4v) is 3.01. The van der Waals surface area contributed by atoms with Gasteiger partial charge in [-0.25, -0.2) is 0 Å². The molecule has 1 fully saturated rings. The van der Waals surface area contributed by atoms with Crippen LogP contribution in [-0.2, 0) is 0 Å². The number of hydrogen-bond acceptors (Lipinski definition) is 3. The molecule has 3 rings (SSSR count). The quantitative estimate of drug-likeness (QED) is 0.842. The average molecular weight is 260 g/mol. The third-order valence-electron chi connectivity index (χ3n) is 3.63. The van der Waals surface area contributed by atoms with Crippen molar-refractivity contribution in [3.8, 4) is 11.5 Å². The SMILES string of the molecule is CC1CCC(n2c(-c3ccccn3)n[nH]c2=S)C1. The molecule has 4 nitrogen and oxygen atoms in total. The topological polar surface area (TPSA) is 46.5 Å². The Labute approximate surface area is 111 Å². The summed E-state index contributed by atoms with van der Waals surface area (Å²) in [6, 6.07) is 6.32. The van der Waals surface area contributed by atoms with Gasteiger partial charge in [-0.05, 0) is 49.5 Å². The molecule has 0 bridgehead atoms. The van der Waals surface area contributed by atoms with Gasteiger partial charge in [0.05, 0.1) is 0 Å². The highest BCUT2D eigenvalue weighted by Crippen LogP contribution is 2.36. The Morgan fingerprint density at radius 3 is 2.94 bits per heavy atom. The second kappa shape index (κ2) is 4.65. The van der Waals surface area contributed by atoms with Crippen LogP contribution in [0.1, 0.15) is 32.2 Å². The molecule has 2 aromatic heterocycles. The van der Waals surface area contributed by atoms with Gasteiger partial charge in [-0.2, -0.15) is 5.10 Å². The lowest BCUT2D eigenvalue weighted by Crippen LogP contribution is -2.08. The lowest BCUT2D eigenvalue weighted by molar-refractivity contribution is 0.491. The average Bonchev–Trinajstić information content (AvgIpc) is 2.96. The molecule has 0 amide bonds. The van der Waals surface area contributed by atoms with Crippen molar-refractivity contribution in [3.05, 3.63) is 29.2 Å². The minimum Gasteiger partial charge on any atom is -0.296 e. The lowest BCUT2D eigenvalue weighted by atomic mass is 10.1. The molecular formula is C13H16N4S. The zero-order chi connectivity index (χ0) is 12.5. The maximum Gasteiger partial charge on any atom is 0.195 e. The molecule has 1 N–H and O–H groups in total. The molecule has 0 aliphatic heterocycles. The Hall–Kier alpha value is -1.49. The third kappa shape index (κ3) is 1.99. The van der Waals surface area contributed by atoms with Gasteiger partial charge in [-0.15, -0.1) is 0 Å². The van der Waals surface area contributed by atoms with Crippen LogP contribution < -0.4 is 0 Å². The van der Waals surface area contributed by atoms with E-state index in [0.717, 1.165) is 17.4 Å². The van der Waals surface area contributed by atoms with Crippen LogP contribution in [-0.4, -0.2) is 19.7 Å². The summed E-state index contributed by atoms with van der Waals surface area (Å²) < 4.78 is 2.84. The molecule has 0 radical (unpaired) electrons. The number of rotatable bonds is 2. The normalized spacial score (nSPS) is 23.4. The Bertz CT molecular complexity index is 587. The van der Waals surface area contributed by atoms with E-state index in [4.69, 9.17) is 12.2 Å². The van der Waals surface area contributed by atoms with E-state index < -0.39 is 0 Å². The first kappa shape index (κ1) is 11.6. The highest BCUT2D eigenvalue weighted by molar-refractivity contribution is 7.71. The second-order valence-electron chi connectivity index (χ2n) is 5.01. The number of nitrogens with one attached hydrogen (secondary N) is 1. The Balaban J connectivity index is 2.05. The number of nitrogens with zero attached hydrogens (tertiary/aromatic N) is 3. The van der Waals surface area contributed by atoms with Crippen LogP contribution in [0.3, 0.4) is 0 Å². The zero-order valence-electron chi connectivity index (χ0n) is 10.3. The highest BCUT2D eigenvalue weighted by atomic mass is 32.1. The zero-order valence-corrected chi connectivity index (χ0v) is 11.2. The Morgan fingerprint density at radius 2 is 2.28 bits per heavy atom. The van der Waals surface area contributed by atoms with Crippen molar-refractivity contribution in [2.45, 2.75) is 32.2 Å². The van der Waals surface area contributed by atoms with E-state index >= 15 is 0 Å². The van der Waals surface area contributed by atoms with Gasteiger partial charge in [0.2, 0.25) is 0 Å². The van der Waals surface area contributed by atoms with Crippen LogP contribution in [0.2, 0.25) is 0 Å². The summed E-state index contributed by atoms with van der Waals surface area (Å²) >= 11 is 5.37. The maximum atomic E-state index is 5.37. The second-order valence-corrected chi connectivity index (χ2v) is 5.40. The fraction of sp³-hybridized carbons (Fsp3) is 0.462. The first-order valence-electron chi connectivity index (χ1n) is 6.34. The van der Waals surface area contributed by atoms with Crippen molar-refractivity contribution < 1.29 is 0 Å². The van der Waals surface area contributed by atoms with E-state index in [0.29, 0.717) is 10.8 Å². The van der Waals surface area contributed by atoms with E-state index in [2.05, 4.69) is 26.7 Å². The van der Waals surface area contributed by atoms with Crippen molar-refractivity contribution in [1.29, 1.82) is 0 Å². The molecule has 1 saturated carbocycles. The van der Waals surface area contributed by atoms with E-state index in [1.165, 1.54) is 19.3 Å². The first-order valence-corrected chi connectivity index (χ1v) is 6.75. The van der Waals surface area contributed by atoms with E-state index in [9.17, 15) is 0 Å². The molecule has 0 aromatic carbocycles. The molecule has 2 atom stereocenters. The van der Waals surface area contributed by atoms with Crippen LogP contribution in [0.4, 0.5) is 0 Å². The summed E-state index contributed by atoms with van der Waals surface area (Å²) in [6.07, 6.45) is 5.40. The van der Waals surface area contributed by atoms with Gasteiger partial charge in [0.1, 0.15) is 5.69 Å². The van der Waals surface area contributed by atoms with Crippen molar-refractivity contribution in [3.63, 3.8) is 0 Å². The minimum atomic E-state index is 0.461. The summed E-state index contributed by atoms with van der Waals surface area (Å²) in [7, 11) is 0. The predicted octanol–water partition coefficient (Wildman–Crippen LogP) is 3.36. The summed E-state index contributed by atoms with van der Waals surface area (Å²) in [5.41, 5.74) is 0.879. The molecule has 0 saturated heterocycles. The van der Waals surface area contributed by atoms with Crippen LogP contribution in [0.5, 0.6) is 0 Å². The van der Waals surface area contributed by atoms with Crippen molar-refractivity contribution >= 4 is 12.2 Å². The highest BCUT2D eigenvalue weighted by Gasteiger charge is 2.26. The molecule has 1 aliphatic carbocycles. The largest absolute Gasteiger partial charge is 0.296 e. The molecule has 2 aromatic rings. The summed E-state index contributed by atoms with van der Waals surface area (Å²) in [5.74, 6) is 1.63. The molecule has 5 heteroatoms. The van der Waals surface area contributed by atoms with Crippen LogP contribution in [0.15, 0.2) is 24.4 Å². The number of pyridine rings is 1. The first-order chi connectivity index (χ1) is 8.75. The Kier molecular flexibility index (Phi) is 2.99. The summed E-state index contributed by atoms with van der Waals surface area (Å²) in [4.78, 5) is 4.36. The fourth-order valence-electron chi connectivity index (χ4n) is 2.73. The molecule has 2 unspecified atom stereocenters. The monoisotopic (exact) mass is 260 g/mol. The van der Waals surface area contributed by atoms with Crippen molar-refractivity contribution in [2.24, 2.45) is 5.92 Å². The molecule has 18 heavy (non-hydrogen) atoms. The molecule has 1 aliphatic rings. The standard InChI is InChI=1S/C13H16N4S/c1-9-5-6-10(8-9)17-12(15-16-13(17)18)11-4-2-3-7-14-11/h2-4,7,9-10H,5-6,8H2,1H3,(H,16,18). The van der Waals surface area contributed by atoms with Gasteiger partial charge in [0.15, 0.2) is 10.6 Å². The van der Waals surface area contributed by atoms with Gasteiger partial charge in [0, 0.05) is 12.2 Å². The molecule has 94 valence electrons. The van der Waals surface area contributed by atoms with E-state index in [1.807, 2.05) is 18.2 Å². The summed E-state index contributed by atoms with van der Waals surface area (Å²) in [5, 5.41) is 7.24. The van der Waals surface area contributed by atoms with Crippen LogP contribution in [0, 0.1) is 10.7 Å². The lowest BCUT2D eigenvalue weighted by Gasteiger charge is -2.13. The van der Waals surface area contributed by atoms with Crippen LogP contribution in [0.25, 0.3) is 11.5 Å². The summed E-state index contributed by atoms with van der Waals surface area (Å²) in [6.45, 7) is 2.30. The number of aromatic amines is 1. The van der Waals surface area contributed by atoms with Gasteiger partial charge in [0.25, 0.3) is 0 Å². The molecule has 0 spiro atoms.